The van der Waals surface area contributed by atoms with E-state index in [9.17, 15) is 23.2 Å². The largest absolute Gasteiger partial charge is 0.352 e. The average molecular weight is 475 g/mol. The van der Waals surface area contributed by atoms with Gasteiger partial charge in [0.1, 0.15) is 17.4 Å². The van der Waals surface area contributed by atoms with Crippen molar-refractivity contribution in [1.82, 2.24) is 14.9 Å². The lowest BCUT2D eigenvalue weighted by Gasteiger charge is -2.18. The zero-order valence-electron chi connectivity index (χ0n) is 18.1. The van der Waals surface area contributed by atoms with Crippen molar-refractivity contribution < 1.29 is 23.2 Å². The molecule has 33 heavy (non-hydrogen) atoms. The minimum absolute atomic E-state index is 0.0167. The van der Waals surface area contributed by atoms with Crippen LogP contribution in [0.25, 0.3) is 0 Å². The number of Topliss-reactive ketones (excluding diaryl/α,β-unsaturated/α-hetero) is 1. The van der Waals surface area contributed by atoms with Crippen LogP contribution < -0.4 is 10.6 Å². The van der Waals surface area contributed by atoms with Crippen molar-refractivity contribution >= 4 is 35.0 Å². The Morgan fingerprint density at radius 1 is 1.09 bits per heavy atom. The van der Waals surface area contributed by atoms with E-state index in [1.807, 2.05) is 0 Å². The zero-order chi connectivity index (χ0) is 24.3. The molecule has 3 aromatic rings. The number of nitrogens with zero attached hydrogens (tertiary/aromatic N) is 2. The van der Waals surface area contributed by atoms with E-state index >= 15 is 0 Å². The van der Waals surface area contributed by atoms with Crippen molar-refractivity contribution in [2.24, 2.45) is 0 Å². The van der Waals surface area contributed by atoms with Crippen LogP contribution in [0.3, 0.4) is 0 Å². The number of carbonyl (C=O) groups excluding carboxylic acids is 3. The molecule has 172 valence electrons. The molecule has 0 bridgehead atoms. The van der Waals surface area contributed by atoms with E-state index in [-0.39, 0.29) is 34.6 Å². The number of halogens is 3. The molecule has 1 atom stereocenters. The standard InChI is InChI=1S/C23H21ClF2N4O3/c1-12(31)11-30-19(13(2)14-5-4-6-17(25)8-14)20(28-21(30)23(33)27-3)29-22(32)15-7-16(24)10-18(26)9-15/h4-10,13H,11H2,1-3H3,(H,27,33)(H,29,32)/t13-/m1/s1. The normalized spacial score (nSPS) is 11.7. The van der Waals surface area contributed by atoms with Crippen LogP contribution in [0.1, 0.15) is 52.0 Å². The number of aromatic nitrogens is 2. The number of hydrogen-bond acceptors (Lipinski definition) is 4. The molecule has 0 saturated carbocycles. The summed E-state index contributed by atoms with van der Waals surface area (Å²) in [5.74, 6) is -3.44. The first-order valence-corrected chi connectivity index (χ1v) is 10.3. The number of anilines is 1. The Morgan fingerprint density at radius 3 is 2.42 bits per heavy atom. The van der Waals surface area contributed by atoms with Crippen LogP contribution in [0.15, 0.2) is 42.5 Å². The summed E-state index contributed by atoms with van der Waals surface area (Å²) >= 11 is 5.86. The van der Waals surface area contributed by atoms with Gasteiger partial charge in [-0.15, -0.1) is 0 Å². The van der Waals surface area contributed by atoms with Crippen molar-refractivity contribution in [3.05, 3.63) is 81.8 Å². The lowest BCUT2D eigenvalue weighted by atomic mass is 9.97. The maximum atomic E-state index is 13.9. The van der Waals surface area contributed by atoms with E-state index in [1.54, 1.807) is 13.0 Å². The molecule has 0 aliphatic heterocycles. The van der Waals surface area contributed by atoms with E-state index in [4.69, 9.17) is 11.6 Å². The predicted octanol–water partition coefficient (Wildman–Crippen LogP) is 4.17. The number of benzene rings is 2. The molecular formula is C23H21ClF2N4O3. The van der Waals surface area contributed by atoms with Gasteiger partial charge in [-0.1, -0.05) is 30.7 Å². The zero-order valence-corrected chi connectivity index (χ0v) is 18.8. The fraction of sp³-hybridized carbons (Fsp3) is 0.217. The summed E-state index contributed by atoms with van der Waals surface area (Å²) in [6, 6.07) is 9.14. The van der Waals surface area contributed by atoms with Crippen LogP contribution in [-0.4, -0.2) is 34.2 Å². The van der Waals surface area contributed by atoms with Crippen LogP contribution >= 0.6 is 11.6 Å². The average Bonchev–Trinajstić information content (AvgIpc) is 3.08. The Hall–Kier alpha value is -3.59. The van der Waals surface area contributed by atoms with Gasteiger partial charge in [-0.05, 0) is 42.8 Å². The Bertz CT molecular complexity index is 1220. The van der Waals surface area contributed by atoms with Gasteiger partial charge in [-0.25, -0.2) is 13.8 Å². The smallest absolute Gasteiger partial charge is 0.287 e. The van der Waals surface area contributed by atoms with Crippen LogP contribution in [-0.2, 0) is 11.3 Å². The fourth-order valence-electron chi connectivity index (χ4n) is 3.46. The molecule has 3 rings (SSSR count). The van der Waals surface area contributed by atoms with E-state index in [0.29, 0.717) is 11.3 Å². The van der Waals surface area contributed by atoms with Crippen LogP contribution in [0.4, 0.5) is 14.6 Å². The van der Waals surface area contributed by atoms with Crippen LogP contribution in [0.5, 0.6) is 0 Å². The van der Waals surface area contributed by atoms with Gasteiger partial charge in [-0.2, -0.15) is 0 Å². The SMILES string of the molecule is CNC(=O)c1nc(NC(=O)c2cc(F)cc(Cl)c2)c([C@H](C)c2cccc(F)c2)n1CC(C)=O. The van der Waals surface area contributed by atoms with Gasteiger partial charge in [0.25, 0.3) is 11.8 Å². The molecule has 0 aliphatic carbocycles. The second-order valence-electron chi connectivity index (χ2n) is 7.43. The van der Waals surface area contributed by atoms with Crippen molar-refractivity contribution in [1.29, 1.82) is 0 Å². The van der Waals surface area contributed by atoms with Gasteiger partial charge in [-0.3, -0.25) is 14.4 Å². The highest BCUT2D eigenvalue weighted by Crippen LogP contribution is 2.32. The summed E-state index contributed by atoms with van der Waals surface area (Å²) < 4.78 is 29.0. The molecule has 0 radical (unpaired) electrons. The molecule has 0 aliphatic rings. The second kappa shape index (κ2) is 9.91. The highest BCUT2D eigenvalue weighted by molar-refractivity contribution is 6.31. The number of rotatable bonds is 7. The van der Waals surface area contributed by atoms with Crippen molar-refractivity contribution in [3.8, 4) is 0 Å². The highest BCUT2D eigenvalue weighted by atomic mass is 35.5. The number of amides is 2. The minimum atomic E-state index is -0.722. The lowest BCUT2D eigenvalue weighted by Crippen LogP contribution is -2.25. The third-order valence-corrected chi connectivity index (χ3v) is 5.15. The maximum absolute atomic E-state index is 13.9. The summed E-state index contributed by atoms with van der Waals surface area (Å²) in [6.45, 7) is 2.87. The fourth-order valence-corrected chi connectivity index (χ4v) is 3.68. The van der Waals surface area contributed by atoms with Crippen molar-refractivity contribution in [2.75, 3.05) is 12.4 Å². The first kappa shape index (κ1) is 24.1. The Morgan fingerprint density at radius 2 is 1.82 bits per heavy atom. The van der Waals surface area contributed by atoms with Gasteiger partial charge in [0.2, 0.25) is 5.82 Å². The minimum Gasteiger partial charge on any atom is -0.352 e. The first-order valence-electron chi connectivity index (χ1n) is 9.95. The molecule has 0 unspecified atom stereocenters. The third-order valence-electron chi connectivity index (χ3n) is 4.93. The molecule has 0 spiro atoms. The summed E-state index contributed by atoms with van der Waals surface area (Å²) in [6.07, 6.45) is 0. The molecule has 0 fully saturated rings. The second-order valence-corrected chi connectivity index (χ2v) is 7.86. The summed E-state index contributed by atoms with van der Waals surface area (Å²) in [7, 11) is 1.40. The Balaban J connectivity index is 2.16. The lowest BCUT2D eigenvalue weighted by molar-refractivity contribution is -0.117. The van der Waals surface area contributed by atoms with Crippen LogP contribution in [0.2, 0.25) is 5.02 Å². The van der Waals surface area contributed by atoms with Crippen LogP contribution in [0, 0.1) is 11.6 Å². The molecule has 1 aromatic heterocycles. The molecule has 1 heterocycles. The molecule has 7 nitrogen and oxygen atoms in total. The molecule has 2 N–H and O–H groups in total. The quantitative estimate of drug-likeness (QED) is 0.537. The number of hydrogen-bond donors (Lipinski definition) is 2. The predicted molar refractivity (Wildman–Crippen MR) is 120 cm³/mol. The van der Waals surface area contributed by atoms with E-state index in [2.05, 4.69) is 15.6 Å². The third kappa shape index (κ3) is 5.43. The first-order chi connectivity index (χ1) is 15.6. The number of imidazole rings is 1. The van der Waals surface area contributed by atoms with Crippen molar-refractivity contribution in [3.63, 3.8) is 0 Å². The van der Waals surface area contributed by atoms with E-state index in [0.717, 1.165) is 12.1 Å². The van der Waals surface area contributed by atoms with Gasteiger partial charge < -0.3 is 15.2 Å². The number of carbonyl (C=O) groups is 3. The Kier molecular flexibility index (Phi) is 7.23. The molecule has 2 amide bonds. The molecule has 0 saturated heterocycles. The van der Waals surface area contributed by atoms with Gasteiger partial charge in [0.15, 0.2) is 5.82 Å². The molecule has 2 aromatic carbocycles. The number of nitrogens with one attached hydrogen (secondary N) is 2. The van der Waals surface area contributed by atoms with Gasteiger partial charge in [0, 0.05) is 23.6 Å². The van der Waals surface area contributed by atoms with Gasteiger partial charge >= 0.3 is 0 Å². The van der Waals surface area contributed by atoms with Gasteiger partial charge in [0.05, 0.1) is 12.2 Å². The highest BCUT2D eigenvalue weighted by Gasteiger charge is 2.28. The summed E-state index contributed by atoms with van der Waals surface area (Å²) in [5, 5.41) is 5.06. The maximum Gasteiger partial charge on any atom is 0.287 e. The molecular weight excluding hydrogens is 454 g/mol. The Labute approximate surface area is 193 Å². The topological polar surface area (TPSA) is 93.1 Å². The summed E-state index contributed by atoms with van der Waals surface area (Å²) in [5.41, 5.74) is 0.782. The van der Waals surface area contributed by atoms with Crippen molar-refractivity contribution in [2.45, 2.75) is 26.3 Å². The summed E-state index contributed by atoms with van der Waals surface area (Å²) in [4.78, 5) is 41.6. The monoisotopic (exact) mass is 474 g/mol. The molecule has 10 heteroatoms. The number of ketones is 1. The van der Waals surface area contributed by atoms with E-state index < -0.39 is 29.4 Å². The van der Waals surface area contributed by atoms with E-state index in [1.165, 1.54) is 42.8 Å².